The van der Waals surface area contributed by atoms with E-state index in [-0.39, 0.29) is 0 Å². The Morgan fingerprint density at radius 2 is 2.20 bits per heavy atom. The predicted molar refractivity (Wildman–Crippen MR) is 65.4 cm³/mol. The van der Waals surface area contributed by atoms with Crippen LogP contribution in [-0.2, 0) is 6.54 Å². The van der Waals surface area contributed by atoms with Gasteiger partial charge in [0.2, 0.25) is 0 Å². The van der Waals surface area contributed by atoms with E-state index in [1.54, 1.807) is 17.5 Å². The smallest absolute Gasteiger partial charge is 0.113 e. The monoisotopic (exact) mass is 244 g/mol. The lowest BCUT2D eigenvalue weighted by molar-refractivity contribution is 0.342. The topological polar surface area (TPSA) is 24.9 Å². The highest BCUT2D eigenvalue weighted by Gasteiger charge is 2.12. The van der Waals surface area contributed by atoms with Crippen molar-refractivity contribution in [2.45, 2.75) is 38.6 Å². The Labute approximate surface area is 100 Å². The molecule has 1 fully saturated rings. The Bertz CT molecular complexity index is 295. The summed E-state index contributed by atoms with van der Waals surface area (Å²) in [4.78, 5) is 4.22. The van der Waals surface area contributed by atoms with Crippen LogP contribution in [0.1, 0.15) is 37.1 Å². The number of halogens is 1. The number of rotatable bonds is 4. The fourth-order valence-corrected chi connectivity index (χ4v) is 3.07. The second-order valence-electron chi connectivity index (χ2n) is 4.19. The molecule has 0 radical (unpaired) electrons. The largest absolute Gasteiger partial charge is 0.310 e. The summed E-state index contributed by atoms with van der Waals surface area (Å²) in [5, 5.41) is 4.57. The molecule has 0 bridgehead atoms. The maximum atomic E-state index is 5.82. The first-order valence-electron chi connectivity index (χ1n) is 5.65. The third-order valence-corrected chi connectivity index (χ3v) is 4.07. The van der Waals surface area contributed by atoms with Crippen LogP contribution in [0.25, 0.3) is 0 Å². The number of hydrogen-bond acceptors (Lipinski definition) is 3. The van der Waals surface area contributed by atoms with Gasteiger partial charge in [0.05, 0.1) is 6.20 Å². The average molecular weight is 245 g/mol. The quantitative estimate of drug-likeness (QED) is 0.878. The molecule has 1 N–H and O–H groups in total. The maximum absolute atomic E-state index is 5.82. The van der Waals surface area contributed by atoms with E-state index < -0.39 is 0 Å². The molecule has 15 heavy (non-hydrogen) atoms. The van der Waals surface area contributed by atoms with Gasteiger partial charge < -0.3 is 5.32 Å². The maximum Gasteiger partial charge on any atom is 0.113 e. The Morgan fingerprint density at radius 3 is 2.87 bits per heavy atom. The average Bonchev–Trinajstić information content (AvgIpc) is 2.66. The lowest BCUT2D eigenvalue weighted by Crippen LogP contribution is -2.23. The molecule has 0 amide bonds. The summed E-state index contributed by atoms with van der Waals surface area (Å²) in [5.74, 6) is 0.884. The van der Waals surface area contributed by atoms with Crippen molar-refractivity contribution in [2.75, 3.05) is 6.54 Å². The molecule has 2 nitrogen and oxygen atoms in total. The Balaban J connectivity index is 1.65. The van der Waals surface area contributed by atoms with Gasteiger partial charge in [-0.2, -0.15) is 0 Å². The minimum Gasteiger partial charge on any atom is -0.310 e. The summed E-state index contributed by atoms with van der Waals surface area (Å²) in [7, 11) is 0. The van der Waals surface area contributed by atoms with Crippen molar-refractivity contribution in [3.8, 4) is 0 Å². The second kappa shape index (κ2) is 5.83. The highest BCUT2D eigenvalue weighted by Crippen LogP contribution is 2.23. The van der Waals surface area contributed by atoms with Crippen LogP contribution in [0, 0.1) is 5.92 Å². The molecule has 1 aliphatic rings. The molecule has 1 aromatic heterocycles. The van der Waals surface area contributed by atoms with Crippen LogP contribution in [0.2, 0.25) is 4.34 Å². The van der Waals surface area contributed by atoms with Crippen molar-refractivity contribution in [3.05, 3.63) is 15.5 Å². The zero-order chi connectivity index (χ0) is 10.5. The Hall–Kier alpha value is -0.120. The van der Waals surface area contributed by atoms with Gasteiger partial charge in [-0.1, -0.05) is 30.9 Å². The lowest BCUT2D eigenvalue weighted by atomic mass is 9.89. The standard InChI is InChI=1S/C11H17ClN2S/c12-10-7-14-11(15-10)8-13-6-9-4-2-1-3-5-9/h7,9,13H,1-6,8H2. The van der Waals surface area contributed by atoms with E-state index in [4.69, 9.17) is 11.6 Å². The zero-order valence-electron chi connectivity index (χ0n) is 8.84. The van der Waals surface area contributed by atoms with Crippen molar-refractivity contribution in [2.24, 2.45) is 5.92 Å². The van der Waals surface area contributed by atoms with Crippen LogP contribution >= 0.6 is 22.9 Å². The fraction of sp³-hybridized carbons (Fsp3) is 0.727. The summed E-state index contributed by atoms with van der Waals surface area (Å²) in [6, 6.07) is 0. The molecule has 0 spiro atoms. The fourth-order valence-electron chi connectivity index (χ4n) is 2.14. The van der Waals surface area contributed by atoms with E-state index >= 15 is 0 Å². The highest BCUT2D eigenvalue weighted by molar-refractivity contribution is 7.15. The van der Waals surface area contributed by atoms with E-state index in [9.17, 15) is 0 Å². The van der Waals surface area contributed by atoms with Gasteiger partial charge in [0.15, 0.2) is 0 Å². The molecule has 0 saturated heterocycles. The van der Waals surface area contributed by atoms with Crippen molar-refractivity contribution < 1.29 is 0 Å². The molecule has 1 heterocycles. The minimum atomic E-state index is 0.782. The first-order chi connectivity index (χ1) is 7.34. The predicted octanol–water partition coefficient (Wildman–Crippen LogP) is 3.47. The van der Waals surface area contributed by atoms with Crippen molar-refractivity contribution >= 4 is 22.9 Å². The number of nitrogens with zero attached hydrogens (tertiary/aromatic N) is 1. The molecule has 1 saturated carbocycles. The molecular formula is C11H17ClN2S. The summed E-state index contributed by atoms with van der Waals surface area (Å²) in [6.07, 6.45) is 8.77. The molecule has 0 aromatic carbocycles. The zero-order valence-corrected chi connectivity index (χ0v) is 10.4. The molecular weight excluding hydrogens is 228 g/mol. The van der Waals surface area contributed by atoms with E-state index in [0.717, 1.165) is 28.4 Å². The molecule has 0 aliphatic heterocycles. The summed E-state index contributed by atoms with van der Waals surface area (Å²) in [5.41, 5.74) is 0. The van der Waals surface area contributed by atoms with E-state index in [2.05, 4.69) is 10.3 Å². The van der Waals surface area contributed by atoms with E-state index in [1.165, 1.54) is 32.1 Å². The molecule has 0 atom stereocenters. The van der Waals surface area contributed by atoms with E-state index in [0.29, 0.717) is 0 Å². The summed E-state index contributed by atoms with van der Waals surface area (Å²) >= 11 is 7.38. The normalized spacial score (nSPS) is 18.2. The van der Waals surface area contributed by atoms with Crippen LogP contribution < -0.4 is 5.32 Å². The van der Waals surface area contributed by atoms with Gasteiger partial charge >= 0.3 is 0 Å². The van der Waals surface area contributed by atoms with Gasteiger partial charge in [0.1, 0.15) is 9.34 Å². The number of hydrogen-bond donors (Lipinski definition) is 1. The number of nitrogens with one attached hydrogen (secondary N) is 1. The van der Waals surface area contributed by atoms with Gasteiger partial charge in [-0.3, -0.25) is 0 Å². The summed E-state index contributed by atoms with van der Waals surface area (Å²) in [6.45, 7) is 2.01. The minimum absolute atomic E-state index is 0.782. The van der Waals surface area contributed by atoms with Gasteiger partial charge in [0, 0.05) is 6.54 Å². The third-order valence-electron chi connectivity index (χ3n) is 2.96. The lowest BCUT2D eigenvalue weighted by Gasteiger charge is -2.21. The van der Waals surface area contributed by atoms with Gasteiger partial charge in [-0.05, 0) is 25.3 Å². The van der Waals surface area contributed by atoms with Crippen molar-refractivity contribution in [1.29, 1.82) is 0 Å². The van der Waals surface area contributed by atoms with Crippen molar-refractivity contribution in [1.82, 2.24) is 10.3 Å². The van der Waals surface area contributed by atoms with Crippen LogP contribution in [0.5, 0.6) is 0 Å². The van der Waals surface area contributed by atoms with Crippen LogP contribution in [0.15, 0.2) is 6.20 Å². The van der Waals surface area contributed by atoms with Gasteiger partial charge in [-0.25, -0.2) is 4.98 Å². The first-order valence-corrected chi connectivity index (χ1v) is 6.85. The second-order valence-corrected chi connectivity index (χ2v) is 5.94. The Kier molecular flexibility index (Phi) is 4.42. The highest BCUT2D eigenvalue weighted by atomic mass is 35.5. The number of aromatic nitrogens is 1. The Morgan fingerprint density at radius 1 is 1.40 bits per heavy atom. The first kappa shape index (κ1) is 11.4. The van der Waals surface area contributed by atoms with Crippen molar-refractivity contribution in [3.63, 3.8) is 0 Å². The molecule has 2 rings (SSSR count). The SMILES string of the molecule is Clc1cnc(CNCC2CCCCC2)s1. The molecule has 4 heteroatoms. The van der Waals surface area contributed by atoms with Crippen LogP contribution in [0.3, 0.4) is 0 Å². The molecule has 0 unspecified atom stereocenters. The van der Waals surface area contributed by atoms with Gasteiger partial charge in [0.25, 0.3) is 0 Å². The van der Waals surface area contributed by atoms with E-state index in [1.807, 2.05) is 0 Å². The van der Waals surface area contributed by atoms with Crippen LogP contribution in [0.4, 0.5) is 0 Å². The summed E-state index contributed by atoms with van der Waals surface area (Å²) < 4.78 is 0.782. The molecule has 1 aliphatic carbocycles. The number of thiazole rings is 1. The third kappa shape index (κ3) is 3.74. The van der Waals surface area contributed by atoms with Crippen LogP contribution in [-0.4, -0.2) is 11.5 Å². The molecule has 84 valence electrons. The molecule has 1 aromatic rings. The van der Waals surface area contributed by atoms with Gasteiger partial charge in [-0.15, -0.1) is 11.3 Å².